The Morgan fingerprint density at radius 2 is 1.76 bits per heavy atom. The van der Waals surface area contributed by atoms with Gasteiger partial charge < -0.3 is 19.0 Å². The van der Waals surface area contributed by atoms with E-state index in [9.17, 15) is 14.4 Å². The van der Waals surface area contributed by atoms with Crippen molar-refractivity contribution in [1.29, 1.82) is 0 Å². The third kappa shape index (κ3) is 2.69. The number of rotatable bonds is 5. The number of anilines is 1. The first-order valence-electron chi connectivity index (χ1n) is 11.2. The number of para-hydroxylation sites is 1. The lowest BCUT2D eigenvalue weighted by Gasteiger charge is -2.34. The first-order chi connectivity index (χ1) is 15.9. The predicted octanol–water partition coefficient (Wildman–Crippen LogP) is 3.51. The summed E-state index contributed by atoms with van der Waals surface area (Å²) >= 11 is 0. The number of hydrogen-bond donors (Lipinski definition) is 0. The van der Waals surface area contributed by atoms with Gasteiger partial charge in [0.05, 0.1) is 23.2 Å². The number of methoxy groups -OCH3 is 1. The maximum Gasteiger partial charge on any atom is 0.291 e. The molecule has 7 heteroatoms. The zero-order valence-electron chi connectivity index (χ0n) is 19.2. The quantitative estimate of drug-likeness (QED) is 0.599. The predicted molar refractivity (Wildman–Crippen MR) is 125 cm³/mol. The zero-order chi connectivity index (χ0) is 23.5. The van der Waals surface area contributed by atoms with Gasteiger partial charge in [-0.1, -0.05) is 25.1 Å². The van der Waals surface area contributed by atoms with Gasteiger partial charge in [0, 0.05) is 25.8 Å². The number of hydrogen-bond acceptors (Lipinski definition) is 5. The van der Waals surface area contributed by atoms with Crippen LogP contribution in [0.2, 0.25) is 0 Å². The average Bonchev–Trinajstić information content (AvgIpc) is 3.19. The molecule has 3 aromatic rings. The van der Waals surface area contributed by atoms with E-state index in [4.69, 9.17) is 9.15 Å². The fourth-order valence-electron chi connectivity index (χ4n) is 5.17. The Labute approximate surface area is 191 Å². The number of ether oxygens (including phenoxy) is 1. The van der Waals surface area contributed by atoms with E-state index < -0.39 is 11.4 Å². The second-order valence-electron chi connectivity index (χ2n) is 8.70. The summed E-state index contributed by atoms with van der Waals surface area (Å²) in [5.41, 5.74) is 1.79. The highest BCUT2D eigenvalue weighted by molar-refractivity contribution is 6.17. The molecule has 0 aliphatic carbocycles. The maximum absolute atomic E-state index is 14.2. The SMILES string of the molecule is CCCN1C(=O)[C@@]2(c3ccccc31)c1c(oc3cc(C)c(C)cc3c1=O)C(=O)N2CCOC. The van der Waals surface area contributed by atoms with E-state index in [2.05, 4.69) is 0 Å². The van der Waals surface area contributed by atoms with Crippen LogP contribution in [0, 0.1) is 13.8 Å². The minimum atomic E-state index is -1.57. The molecule has 2 aliphatic heterocycles. The second-order valence-corrected chi connectivity index (χ2v) is 8.70. The monoisotopic (exact) mass is 446 g/mol. The first kappa shape index (κ1) is 21.4. The van der Waals surface area contributed by atoms with Crippen LogP contribution < -0.4 is 10.3 Å². The lowest BCUT2D eigenvalue weighted by atomic mass is 9.84. The summed E-state index contributed by atoms with van der Waals surface area (Å²) in [6.45, 7) is 6.69. The third-order valence-electron chi connectivity index (χ3n) is 6.82. The van der Waals surface area contributed by atoms with E-state index in [0.29, 0.717) is 28.8 Å². The van der Waals surface area contributed by atoms with E-state index in [0.717, 1.165) is 17.5 Å². The van der Waals surface area contributed by atoms with Gasteiger partial charge in [0.2, 0.25) is 5.76 Å². The van der Waals surface area contributed by atoms with Crippen LogP contribution in [0.25, 0.3) is 11.0 Å². The summed E-state index contributed by atoms with van der Waals surface area (Å²) < 4.78 is 11.3. The molecule has 0 fully saturated rings. The van der Waals surface area contributed by atoms with Crippen LogP contribution in [0.3, 0.4) is 0 Å². The van der Waals surface area contributed by atoms with Crippen molar-refractivity contribution in [3.05, 3.63) is 74.6 Å². The van der Waals surface area contributed by atoms with Crippen molar-refractivity contribution in [2.75, 3.05) is 31.7 Å². The van der Waals surface area contributed by atoms with E-state index in [1.807, 2.05) is 45.0 Å². The molecule has 5 rings (SSSR count). The highest BCUT2D eigenvalue weighted by Crippen LogP contribution is 2.52. The van der Waals surface area contributed by atoms with Crippen molar-refractivity contribution in [2.45, 2.75) is 32.7 Å². The number of amides is 2. The highest BCUT2D eigenvalue weighted by atomic mass is 16.5. The Bertz CT molecular complexity index is 1380. The van der Waals surface area contributed by atoms with Crippen LogP contribution in [-0.4, -0.2) is 43.5 Å². The standard InChI is InChI=1S/C26H26N2O5/c1-5-10-27-19-9-7-6-8-18(19)26(25(27)31)21-22(29)17-13-15(2)16(3)14-20(17)33-23(21)24(30)28(26)11-12-32-4/h6-9,13-14H,5,10-12H2,1-4H3/t26-/m1/s1. The van der Waals surface area contributed by atoms with Crippen LogP contribution in [-0.2, 0) is 15.1 Å². The molecule has 2 aliphatic rings. The van der Waals surface area contributed by atoms with Crippen LogP contribution in [0.4, 0.5) is 5.69 Å². The molecule has 3 heterocycles. The van der Waals surface area contributed by atoms with E-state index >= 15 is 0 Å². The Balaban J connectivity index is 1.90. The Kier molecular flexibility index (Phi) is 4.90. The molecule has 7 nitrogen and oxygen atoms in total. The van der Waals surface area contributed by atoms with Gasteiger partial charge >= 0.3 is 0 Å². The third-order valence-corrected chi connectivity index (χ3v) is 6.82. The molecule has 33 heavy (non-hydrogen) atoms. The molecule has 1 aromatic heterocycles. The minimum absolute atomic E-state index is 0.0617. The van der Waals surface area contributed by atoms with Crippen LogP contribution in [0.1, 0.15) is 46.2 Å². The fraction of sp³-hybridized carbons (Fsp3) is 0.346. The molecular formula is C26H26N2O5. The van der Waals surface area contributed by atoms with Crippen LogP contribution >= 0.6 is 0 Å². The van der Waals surface area contributed by atoms with Crippen LogP contribution in [0.15, 0.2) is 45.6 Å². The summed E-state index contributed by atoms with van der Waals surface area (Å²) in [7, 11) is 1.54. The van der Waals surface area contributed by atoms with Crippen molar-refractivity contribution >= 4 is 28.5 Å². The summed E-state index contributed by atoms with van der Waals surface area (Å²) in [5, 5.41) is 0.372. The molecule has 0 bridgehead atoms. The Morgan fingerprint density at radius 1 is 1.03 bits per heavy atom. The first-order valence-corrected chi connectivity index (χ1v) is 11.2. The summed E-state index contributed by atoms with van der Waals surface area (Å²) in [6, 6.07) is 10.9. The van der Waals surface area contributed by atoms with Gasteiger partial charge in [-0.25, -0.2) is 0 Å². The van der Waals surface area contributed by atoms with Gasteiger partial charge in [-0.3, -0.25) is 14.4 Å². The molecule has 0 saturated carbocycles. The smallest absolute Gasteiger partial charge is 0.291 e. The van der Waals surface area contributed by atoms with Gasteiger partial charge in [0.15, 0.2) is 11.0 Å². The Morgan fingerprint density at radius 3 is 2.48 bits per heavy atom. The van der Waals surface area contributed by atoms with Gasteiger partial charge in [-0.2, -0.15) is 0 Å². The number of carbonyl (C=O) groups is 2. The molecule has 0 unspecified atom stereocenters. The van der Waals surface area contributed by atoms with Gasteiger partial charge in [0.25, 0.3) is 11.8 Å². The molecule has 1 atom stereocenters. The van der Waals surface area contributed by atoms with Crippen molar-refractivity contribution in [1.82, 2.24) is 4.90 Å². The lowest BCUT2D eigenvalue weighted by Crippen LogP contribution is -2.54. The Hall–Kier alpha value is -3.45. The summed E-state index contributed by atoms with van der Waals surface area (Å²) in [4.78, 5) is 45.0. The van der Waals surface area contributed by atoms with Crippen molar-refractivity contribution in [2.24, 2.45) is 0 Å². The molecular weight excluding hydrogens is 420 g/mol. The molecule has 170 valence electrons. The number of fused-ring (bicyclic) bond motifs is 5. The number of aryl methyl sites for hydroxylation is 2. The molecule has 1 spiro atoms. The number of benzene rings is 2. The molecule has 0 saturated heterocycles. The van der Waals surface area contributed by atoms with E-state index in [1.54, 1.807) is 17.0 Å². The highest BCUT2D eigenvalue weighted by Gasteiger charge is 2.64. The second kappa shape index (κ2) is 7.56. The lowest BCUT2D eigenvalue weighted by molar-refractivity contribution is -0.126. The molecule has 2 amide bonds. The fourth-order valence-corrected chi connectivity index (χ4v) is 5.17. The number of carbonyl (C=O) groups excluding carboxylic acids is 2. The van der Waals surface area contributed by atoms with Gasteiger partial charge in [-0.05, 0) is 49.6 Å². The van der Waals surface area contributed by atoms with E-state index in [-0.39, 0.29) is 35.8 Å². The summed E-state index contributed by atoms with van der Waals surface area (Å²) in [6.07, 6.45) is 0.736. The molecule has 2 aromatic carbocycles. The average molecular weight is 447 g/mol. The topological polar surface area (TPSA) is 80.1 Å². The van der Waals surface area contributed by atoms with Crippen molar-refractivity contribution < 1.29 is 18.7 Å². The van der Waals surface area contributed by atoms with Gasteiger partial charge in [0.1, 0.15) is 5.58 Å². The summed E-state index contributed by atoms with van der Waals surface area (Å²) in [5.74, 6) is -0.835. The minimum Gasteiger partial charge on any atom is -0.450 e. The largest absolute Gasteiger partial charge is 0.450 e. The zero-order valence-corrected chi connectivity index (χ0v) is 19.2. The number of nitrogens with zero attached hydrogens (tertiary/aromatic N) is 2. The molecule has 0 radical (unpaired) electrons. The van der Waals surface area contributed by atoms with Crippen LogP contribution in [0.5, 0.6) is 0 Å². The van der Waals surface area contributed by atoms with Gasteiger partial charge in [-0.15, -0.1) is 0 Å². The normalized spacial score (nSPS) is 19.2. The van der Waals surface area contributed by atoms with E-state index in [1.165, 1.54) is 12.0 Å². The maximum atomic E-state index is 14.2. The molecule has 0 N–H and O–H groups in total. The van der Waals surface area contributed by atoms with Crippen molar-refractivity contribution in [3.63, 3.8) is 0 Å². The van der Waals surface area contributed by atoms with Crippen molar-refractivity contribution in [3.8, 4) is 0 Å².